The molecule has 2 N–H and O–H groups in total. The number of fused-ring (bicyclic) bond motifs is 3. The van der Waals surface area contributed by atoms with Crippen LogP contribution in [0, 0.1) is 6.92 Å². The summed E-state index contributed by atoms with van der Waals surface area (Å²) in [5.74, 6) is -1.04. The van der Waals surface area contributed by atoms with Crippen molar-refractivity contribution in [3.05, 3.63) is 35.0 Å². The Hall–Kier alpha value is -1.77. The van der Waals surface area contributed by atoms with Crippen molar-refractivity contribution < 1.29 is 9.90 Å². The lowest BCUT2D eigenvalue weighted by Gasteiger charge is -2.19. The van der Waals surface area contributed by atoms with Crippen LogP contribution >= 0.6 is 0 Å². The van der Waals surface area contributed by atoms with Crippen molar-refractivity contribution in [3.8, 4) is 0 Å². The second-order valence-electron chi connectivity index (χ2n) is 4.85. The quantitative estimate of drug-likeness (QED) is 0.789. The Morgan fingerprint density at radius 2 is 2.29 bits per heavy atom. The van der Waals surface area contributed by atoms with Gasteiger partial charge in [-0.3, -0.25) is 4.79 Å². The van der Waals surface area contributed by atoms with Gasteiger partial charge in [-0.05, 0) is 43.4 Å². The van der Waals surface area contributed by atoms with Gasteiger partial charge in [0, 0.05) is 16.6 Å². The zero-order valence-electron chi connectivity index (χ0n) is 9.79. The molecule has 88 valence electrons. The first kappa shape index (κ1) is 10.4. The number of carboxylic acids is 1. The first-order valence-corrected chi connectivity index (χ1v) is 6.00. The summed E-state index contributed by atoms with van der Waals surface area (Å²) < 4.78 is 0. The highest BCUT2D eigenvalue weighted by Crippen LogP contribution is 2.37. The SMILES string of the molecule is Cc1ccc2c3c([nH]c2c1)CCCC3C(=O)O. The fraction of sp³-hybridized carbons (Fsp3) is 0.357. The first-order chi connectivity index (χ1) is 8.16. The summed E-state index contributed by atoms with van der Waals surface area (Å²) in [5, 5.41) is 10.4. The van der Waals surface area contributed by atoms with Crippen LogP contribution in [-0.4, -0.2) is 16.1 Å². The van der Waals surface area contributed by atoms with Crippen LogP contribution in [0.15, 0.2) is 18.2 Å². The Labute approximate surface area is 99.5 Å². The van der Waals surface area contributed by atoms with Crippen LogP contribution in [0.5, 0.6) is 0 Å². The molecule has 1 aromatic carbocycles. The third-order valence-electron chi connectivity index (χ3n) is 3.64. The number of aliphatic carboxylic acids is 1. The molecule has 0 saturated heterocycles. The highest BCUT2D eigenvalue weighted by atomic mass is 16.4. The summed E-state index contributed by atoms with van der Waals surface area (Å²) in [5.41, 5.74) is 4.40. The van der Waals surface area contributed by atoms with Crippen molar-refractivity contribution >= 4 is 16.9 Å². The number of rotatable bonds is 1. The van der Waals surface area contributed by atoms with E-state index in [9.17, 15) is 9.90 Å². The Morgan fingerprint density at radius 3 is 3.06 bits per heavy atom. The topological polar surface area (TPSA) is 53.1 Å². The molecule has 0 bridgehead atoms. The molecule has 0 fully saturated rings. The summed E-state index contributed by atoms with van der Waals surface area (Å²) in [6, 6.07) is 6.18. The zero-order valence-corrected chi connectivity index (χ0v) is 9.79. The van der Waals surface area contributed by atoms with E-state index in [0.29, 0.717) is 0 Å². The van der Waals surface area contributed by atoms with E-state index in [1.54, 1.807) is 0 Å². The van der Waals surface area contributed by atoms with Crippen LogP contribution in [0.4, 0.5) is 0 Å². The number of benzene rings is 1. The van der Waals surface area contributed by atoms with Crippen LogP contribution in [0.25, 0.3) is 10.9 Å². The molecule has 0 spiro atoms. The lowest BCUT2D eigenvalue weighted by molar-refractivity contribution is -0.139. The molecular weight excluding hydrogens is 214 g/mol. The predicted molar refractivity (Wildman–Crippen MR) is 66.4 cm³/mol. The summed E-state index contributed by atoms with van der Waals surface area (Å²) in [6.07, 6.45) is 2.67. The Balaban J connectivity index is 2.27. The minimum atomic E-state index is -0.701. The Kier molecular flexibility index (Phi) is 2.21. The molecule has 3 nitrogen and oxygen atoms in total. The van der Waals surface area contributed by atoms with Gasteiger partial charge in [-0.25, -0.2) is 0 Å². The summed E-state index contributed by atoms with van der Waals surface area (Å²) in [4.78, 5) is 14.7. The average Bonchev–Trinajstić information content (AvgIpc) is 2.65. The lowest BCUT2D eigenvalue weighted by atomic mass is 9.85. The number of hydrogen-bond donors (Lipinski definition) is 2. The van der Waals surface area contributed by atoms with E-state index in [1.165, 1.54) is 5.56 Å². The van der Waals surface area contributed by atoms with E-state index in [0.717, 1.165) is 41.4 Å². The second-order valence-corrected chi connectivity index (χ2v) is 4.85. The molecule has 3 heteroatoms. The van der Waals surface area contributed by atoms with Crippen LogP contribution in [0.3, 0.4) is 0 Å². The second kappa shape index (κ2) is 3.62. The van der Waals surface area contributed by atoms with E-state index >= 15 is 0 Å². The number of carbonyl (C=O) groups is 1. The molecule has 1 aliphatic carbocycles. The summed E-state index contributed by atoms with van der Waals surface area (Å²) >= 11 is 0. The van der Waals surface area contributed by atoms with Crippen LogP contribution in [0.1, 0.15) is 35.6 Å². The summed E-state index contributed by atoms with van der Waals surface area (Å²) in [6.45, 7) is 2.05. The molecule has 1 unspecified atom stereocenters. The van der Waals surface area contributed by atoms with E-state index in [1.807, 2.05) is 19.1 Å². The molecule has 1 aromatic heterocycles. The van der Waals surface area contributed by atoms with E-state index in [-0.39, 0.29) is 5.92 Å². The summed E-state index contributed by atoms with van der Waals surface area (Å²) in [7, 11) is 0. The third kappa shape index (κ3) is 1.54. The predicted octanol–water partition coefficient (Wildman–Crippen LogP) is 2.98. The van der Waals surface area contributed by atoms with Crippen molar-refractivity contribution in [1.82, 2.24) is 4.98 Å². The van der Waals surface area contributed by atoms with E-state index in [4.69, 9.17) is 0 Å². The largest absolute Gasteiger partial charge is 0.481 e. The molecule has 0 saturated carbocycles. The van der Waals surface area contributed by atoms with E-state index in [2.05, 4.69) is 11.1 Å². The number of aromatic nitrogens is 1. The van der Waals surface area contributed by atoms with Gasteiger partial charge in [-0.15, -0.1) is 0 Å². The van der Waals surface area contributed by atoms with Gasteiger partial charge in [0.2, 0.25) is 0 Å². The maximum Gasteiger partial charge on any atom is 0.311 e. The molecule has 1 heterocycles. The standard InChI is InChI=1S/C14H15NO2/c1-8-5-6-9-12(7-8)15-11-4-2-3-10(13(9)11)14(16)17/h5-7,10,15H,2-4H2,1H3,(H,16,17). The number of hydrogen-bond acceptors (Lipinski definition) is 1. The van der Waals surface area contributed by atoms with Gasteiger partial charge in [0.15, 0.2) is 0 Å². The highest BCUT2D eigenvalue weighted by molar-refractivity contribution is 5.91. The minimum Gasteiger partial charge on any atom is -0.481 e. The fourth-order valence-electron chi connectivity index (χ4n) is 2.86. The molecule has 0 radical (unpaired) electrons. The van der Waals surface area contributed by atoms with Gasteiger partial charge in [0.05, 0.1) is 5.92 Å². The van der Waals surface area contributed by atoms with Crippen LogP contribution < -0.4 is 0 Å². The molecule has 2 aromatic rings. The molecule has 3 rings (SSSR count). The van der Waals surface area contributed by atoms with Gasteiger partial charge < -0.3 is 10.1 Å². The normalized spacial score (nSPS) is 19.2. The van der Waals surface area contributed by atoms with Gasteiger partial charge in [-0.1, -0.05) is 12.1 Å². The van der Waals surface area contributed by atoms with Crippen molar-refractivity contribution in [2.75, 3.05) is 0 Å². The number of aryl methyl sites for hydroxylation is 2. The maximum absolute atomic E-state index is 11.3. The van der Waals surface area contributed by atoms with Crippen molar-refractivity contribution in [2.45, 2.75) is 32.1 Å². The van der Waals surface area contributed by atoms with Crippen LogP contribution in [0.2, 0.25) is 0 Å². The van der Waals surface area contributed by atoms with Crippen molar-refractivity contribution in [3.63, 3.8) is 0 Å². The number of H-pyrrole nitrogens is 1. The number of nitrogens with one attached hydrogen (secondary N) is 1. The van der Waals surface area contributed by atoms with Gasteiger partial charge in [0.1, 0.15) is 0 Å². The molecule has 1 aliphatic rings. The Bertz CT molecular complexity index is 598. The number of carboxylic acid groups (broad SMARTS) is 1. The molecule has 17 heavy (non-hydrogen) atoms. The third-order valence-corrected chi connectivity index (χ3v) is 3.64. The van der Waals surface area contributed by atoms with Gasteiger partial charge in [-0.2, -0.15) is 0 Å². The zero-order chi connectivity index (χ0) is 12.0. The molecule has 0 aliphatic heterocycles. The number of aromatic amines is 1. The fourth-order valence-corrected chi connectivity index (χ4v) is 2.86. The monoisotopic (exact) mass is 229 g/mol. The lowest BCUT2D eigenvalue weighted by Crippen LogP contribution is -2.17. The first-order valence-electron chi connectivity index (χ1n) is 6.00. The van der Waals surface area contributed by atoms with E-state index < -0.39 is 5.97 Å². The highest BCUT2D eigenvalue weighted by Gasteiger charge is 2.29. The van der Waals surface area contributed by atoms with Crippen molar-refractivity contribution in [2.24, 2.45) is 0 Å². The molecule has 0 amide bonds. The minimum absolute atomic E-state index is 0.338. The van der Waals surface area contributed by atoms with Crippen molar-refractivity contribution in [1.29, 1.82) is 0 Å². The maximum atomic E-state index is 11.3. The van der Waals surface area contributed by atoms with Gasteiger partial charge >= 0.3 is 5.97 Å². The van der Waals surface area contributed by atoms with Gasteiger partial charge in [0.25, 0.3) is 0 Å². The molecular formula is C14H15NO2. The Morgan fingerprint density at radius 1 is 1.47 bits per heavy atom. The molecule has 1 atom stereocenters. The van der Waals surface area contributed by atoms with Crippen LogP contribution in [-0.2, 0) is 11.2 Å². The average molecular weight is 229 g/mol. The smallest absolute Gasteiger partial charge is 0.311 e.